The summed E-state index contributed by atoms with van der Waals surface area (Å²) >= 11 is 1.52. The summed E-state index contributed by atoms with van der Waals surface area (Å²) in [6, 6.07) is 11.6. The maximum atomic E-state index is 13.4. The predicted octanol–water partition coefficient (Wildman–Crippen LogP) is 4.26. The summed E-state index contributed by atoms with van der Waals surface area (Å²) in [6.45, 7) is 3.90. The molecular formula is C23H24N2O4S. The smallest absolute Gasteiger partial charge is 0.254 e. The molecule has 6 nitrogen and oxygen atoms in total. The van der Waals surface area contributed by atoms with Crippen LogP contribution < -0.4 is 14.8 Å². The Morgan fingerprint density at radius 1 is 1.10 bits per heavy atom. The Morgan fingerprint density at radius 3 is 2.80 bits per heavy atom. The lowest BCUT2D eigenvalue weighted by Crippen LogP contribution is -2.31. The summed E-state index contributed by atoms with van der Waals surface area (Å²) in [4.78, 5) is 28.3. The van der Waals surface area contributed by atoms with Gasteiger partial charge in [-0.1, -0.05) is 6.07 Å². The van der Waals surface area contributed by atoms with Crippen molar-refractivity contribution in [1.29, 1.82) is 0 Å². The Morgan fingerprint density at radius 2 is 1.93 bits per heavy atom. The molecule has 0 spiro atoms. The fourth-order valence-corrected chi connectivity index (χ4v) is 5.18. The zero-order valence-electron chi connectivity index (χ0n) is 16.8. The van der Waals surface area contributed by atoms with Gasteiger partial charge in [-0.25, -0.2) is 0 Å². The van der Waals surface area contributed by atoms with Gasteiger partial charge in [0.1, 0.15) is 0 Å². The van der Waals surface area contributed by atoms with Gasteiger partial charge in [0.05, 0.1) is 30.2 Å². The molecule has 2 atom stereocenters. The second-order valence-corrected chi connectivity index (χ2v) is 9.26. The van der Waals surface area contributed by atoms with E-state index in [0.29, 0.717) is 25.3 Å². The number of nitrogens with zero attached hydrogens (tertiary/aromatic N) is 1. The van der Waals surface area contributed by atoms with Gasteiger partial charge < -0.3 is 19.7 Å². The lowest BCUT2D eigenvalue weighted by atomic mass is 10.0. The minimum absolute atomic E-state index is 0.00896. The Hall–Kier alpha value is -2.67. The summed E-state index contributed by atoms with van der Waals surface area (Å²) in [5.41, 5.74) is 2.39. The molecule has 3 aliphatic heterocycles. The lowest BCUT2D eigenvalue weighted by molar-refractivity contribution is -0.115. The molecular weight excluding hydrogens is 400 g/mol. The third kappa shape index (κ3) is 3.51. The number of ether oxygens (including phenoxy) is 2. The van der Waals surface area contributed by atoms with Crippen LogP contribution in [0.5, 0.6) is 11.5 Å². The topological polar surface area (TPSA) is 67.9 Å². The number of amides is 2. The third-order valence-electron chi connectivity index (χ3n) is 5.83. The number of anilines is 1. The number of benzene rings is 2. The Kier molecular flexibility index (Phi) is 5.06. The molecule has 0 aliphatic carbocycles. The number of nitrogens with one attached hydrogen (secondary N) is 1. The van der Waals surface area contributed by atoms with E-state index >= 15 is 0 Å². The van der Waals surface area contributed by atoms with E-state index in [0.717, 1.165) is 46.9 Å². The summed E-state index contributed by atoms with van der Waals surface area (Å²) in [5, 5.41) is 2.79. The first-order chi connectivity index (χ1) is 14.6. The van der Waals surface area contributed by atoms with Crippen molar-refractivity contribution < 1.29 is 19.1 Å². The monoisotopic (exact) mass is 424 g/mol. The highest BCUT2D eigenvalue weighted by atomic mass is 32.2. The van der Waals surface area contributed by atoms with E-state index in [1.54, 1.807) is 6.07 Å². The molecule has 7 heteroatoms. The number of thioether (sulfide) groups is 1. The van der Waals surface area contributed by atoms with Crippen molar-refractivity contribution in [2.24, 2.45) is 0 Å². The summed E-state index contributed by atoms with van der Waals surface area (Å²) in [6.07, 6.45) is 2.74. The van der Waals surface area contributed by atoms with Crippen molar-refractivity contribution in [1.82, 2.24) is 4.90 Å². The van der Waals surface area contributed by atoms with Crippen LogP contribution in [0.4, 0.5) is 5.69 Å². The van der Waals surface area contributed by atoms with Crippen LogP contribution in [0.15, 0.2) is 41.3 Å². The lowest BCUT2D eigenvalue weighted by Gasteiger charge is -2.27. The van der Waals surface area contributed by atoms with Gasteiger partial charge in [0, 0.05) is 23.4 Å². The SMILES string of the molecule is C[C@@H]1Sc2ccc(C(=O)N3CCC[C@H]3c3ccc4c(c3)OCCCO4)cc2NC1=O. The van der Waals surface area contributed by atoms with Gasteiger partial charge in [-0.2, -0.15) is 0 Å². The maximum absolute atomic E-state index is 13.4. The first-order valence-electron chi connectivity index (χ1n) is 10.4. The van der Waals surface area contributed by atoms with E-state index in [2.05, 4.69) is 5.32 Å². The van der Waals surface area contributed by atoms with E-state index in [1.807, 2.05) is 42.2 Å². The number of hydrogen-bond acceptors (Lipinski definition) is 5. The fourth-order valence-electron chi connectivity index (χ4n) is 4.25. The largest absolute Gasteiger partial charge is 0.490 e. The van der Waals surface area contributed by atoms with Gasteiger partial charge >= 0.3 is 0 Å². The minimum Gasteiger partial charge on any atom is -0.490 e. The van der Waals surface area contributed by atoms with Crippen LogP contribution in [0.2, 0.25) is 0 Å². The molecule has 156 valence electrons. The molecule has 0 saturated carbocycles. The second-order valence-electron chi connectivity index (χ2n) is 7.87. The normalized spacial score (nSPS) is 22.8. The average Bonchev–Trinajstić information content (AvgIpc) is 3.12. The molecule has 5 rings (SSSR count). The first-order valence-corrected chi connectivity index (χ1v) is 11.3. The fraction of sp³-hybridized carbons (Fsp3) is 0.391. The number of carbonyl (C=O) groups excluding carboxylic acids is 2. The van der Waals surface area contributed by atoms with Gasteiger partial charge in [0.25, 0.3) is 5.91 Å². The van der Waals surface area contributed by atoms with Gasteiger partial charge in [0.2, 0.25) is 5.91 Å². The molecule has 2 aromatic carbocycles. The van der Waals surface area contributed by atoms with Gasteiger partial charge in [0.15, 0.2) is 11.5 Å². The van der Waals surface area contributed by atoms with E-state index < -0.39 is 0 Å². The van der Waals surface area contributed by atoms with E-state index in [-0.39, 0.29) is 23.1 Å². The van der Waals surface area contributed by atoms with E-state index in [4.69, 9.17) is 9.47 Å². The van der Waals surface area contributed by atoms with Crippen molar-refractivity contribution in [3.05, 3.63) is 47.5 Å². The van der Waals surface area contributed by atoms with Crippen LogP contribution in [0, 0.1) is 0 Å². The average molecular weight is 425 g/mol. The van der Waals surface area contributed by atoms with Crippen LogP contribution in [0.25, 0.3) is 0 Å². The molecule has 1 fully saturated rings. The molecule has 3 heterocycles. The highest BCUT2D eigenvalue weighted by Gasteiger charge is 2.32. The highest BCUT2D eigenvalue weighted by molar-refractivity contribution is 8.00. The Balaban J connectivity index is 1.40. The van der Waals surface area contributed by atoms with E-state index in [9.17, 15) is 9.59 Å². The second kappa shape index (κ2) is 7.87. The molecule has 1 N–H and O–H groups in total. The quantitative estimate of drug-likeness (QED) is 0.780. The molecule has 0 bridgehead atoms. The molecule has 1 saturated heterocycles. The Labute approximate surface area is 179 Å². The minimum atomic E-state index is -0.124. The van der Waals surface area contributed by atoms with Crippen molar-refractivity contribution in [3.8, 4) is 11.5 Å². The van der Waals surface area contributed by atoms with Crippen LogP contribution in [-0.4, -0.2) is 41.7 Å². The maximum Gasteiger partial charge on any atom is 0.254 e. The van der Waals surface area contributed by atoms with Crippen molar-refractivity contribution in [2.45, 2.75) is 42.4 Å². The molecule has 30 heavy (non-hydrogen) atoms. The highest BCUT2D eigenvalue weighted by Crippen LogP contribution is 2.40. The molecule has 0 unspecified atom stereocenters. The zero-order chi connectivity index (χ0) is 20.7. The molecule has 2 amide bonds. The molecule has 0 aromatic heterocycles. The summed E-state index contributed by atoms with van der Waals surface area (Å²) in [7, 11) is 0. The van der Waals surface area contributed by atoms with Crippen LogP contribution in [0.3, 0.4) is 0 Å². The Bertz CT molecular complexity index is 1010. The summed E-state index contributed by atoms with van der Waals surface area (Å²) in [5.74, 6) is 1.49. The van der Waals surface area contributed by atoms with Crippen molar-refractivity contribution in [2.75, 3.05) is 25.1 Å². The number of fused-ring (bicyclic) bond motifs is 2. The zero-order valence-corrected chi connectivity index (χ0v) is 17.7. The standard InChI is InChI=1S/C23H24N2O4S/c1-14-22(26)24-17-12-16(6-8-21(17)30-14)23(27)25-9-2-4-18(25)15-5-7-19-20(13-15)29-11-3-10-28-19/h5-8,12-14,18H,2-4,9-11H2,1H3,(H,24,26)/t14-,18-/m0/s1. The van der Waals surface area contributed by atoms with Crippen LogP contribution in [-0.2, 0) is 4.79 Å². The molecule has 3 aliphatic rings. The van der Waals surface area contributed by atoms with Crippen molar-refractivity contribution in [3.63, 3.8) is 0 Å². The van der Waals surface area contributed by atoms with Gasteiger partial charge in [-0.05, 0) is 55.7 Å². The third-order valence-corrected chi connectivity index (χ3v) is 7.00. The number of likely N-dealkylation sites (tertiary alicyclic amines) is 1. The number of carbonyl (C=O) groups is 2. The van der Waals surface area contributed by atoms with Gasteiger partial charge in [-0.3, -0.25) is 9.59 Å². The summed E-state index contributed by atoms with van der Waals surface area (Å²) < 4.78 is 11.6. The number of hydrogen-bond donors (Lipinski definition) is 1. The van der Waals surface area contributed by atoms with Crippen molar-refractivity contribution >= 4 is 29.3 Å². The van der Waals surface area contributed by atoms with E-state index in [1.165, 1.54) is 11.8 Å². The molecule has 2 aromatic rings. The van der Waals surface area contributed by atoms with Crippen LogP contribution in [0.1, 0.15) is 48.1 Å². The first kappa shape index (κ1) is 19.3. The molecule has 0 radical (unpaired) electrons. The number of rotatable bonds is 2. The van der Waals surface area contributed by atoms with Gasteiger partial charge in [-0.15, -0.1) is 11.8 Å². The predicted molar refractivity (Wildman–Crippen MR) is 115 cm³/mol. The van der Waals surface area contributed by atoms with Crippen LogP contribution >= 0.6 is 11.8 Å².